The van der Waals surface area contributed by atoms with Crippen LogP contribution in [0.5, 0.6) is 0 Å². The summed E-state index contributed by atoms with van der Waals surface area (Å²) in [5, 5.41) is 10.4. The number of rotatable bonds is 8. The van der Waals surface area contributed by atoms with Crippen LogP contribution in [0.2, 0.25) is 0 Å². The molecule has 0 heterocycles. The third-order valence-electron chi connectivity index (χ3n) is 11.1. The van der Waals surface area contributed by atoms with E-state index in [4.69, 9.17) is 9.47 Å². The second-order valence-corrected chi connectivity index (χ2v) is 13.4. The zero-order valence-corrected chi connectivity index (χ0v) is 23.8. The van der Waals surface area contributed by atoms with Crippen molar-refractivity contribution in [1.82, 2.24) is 4.90 Å². The van der Waals surface area contributed by atoms with Crippen LogP contribution in [0.25, 0.3) is 0 Å². The molecule has 1 N–H and O–H groups in total. The fourth-order valence-corrected chi connectivity index (χ4v) is 9.42. The van der Waals surface area contributed by atoms with E-state index in [1.807, 2.05) is 0 Å². The zero-order chi connectivity index (χ0) is 26.5. The first kappa shape index (κ1) is 28.0. The molecule has 4 saturated carbocycles. The molecule has 0 radical (unpaired) electrons. The van der Waals surface area contributed by atoms with Crippen LogP contribution in [0.3, 0.4) is 0 Å². The molecule has 36 heavy (non-hydrogen) atoms. The molecule has 206 valence electrons. The fourth-order valence-electron chi connectivity index (χ4n) is 9.42. The van der Waals surface area contributed by atoms with Gasteiger partial charge in [0.2, 0.25) is 0 Å². The van der Waals surface area contributed by atoms with Gasteiger partial charge in [0, 0.05) is 17.8 Å². The largest absolute Gasteiger partial charge is 0.461 e. The Morgan fingerprint density at radius 1 is 1.00 bits per heavy atom. The van der Waals surface area contributed by atoms with Crippen LogP contribution in [0.1, 0.15) is 99.8 Å². The maximum atomic E-state index is 13.2. The summed E-state index contributed by atoms with van der Waals surface area (Å²) in [5.74, 6) is 1.29. The van der Waals surface area contributed by atoms with Crippen molar-refractivity contribution in [2.45, 2.75) is 118 Å². The van der Waals surface area contributed by atoms with E-state index in [9.17, 15) is 14.7 Å². The van der Waals surface area contributed by atoms with Gasteiger partial charge in [-0.25, -0.2) is 0 Å². The summed E-state index contributed by atoms with van der Waals surface area (Å²) >= 11 is 0. The number of hydrogen-bond donors (Lipinski definition) is 1. The number of esters is 1. The number of aliphatic hydroxyl groups is 1. The van der Waals surface area contributed by atoms with E-state index in [0.717, 1.165) is 51.6 Å². The fraction of sp³-hybridized carbons (Fsp3) is 0.933. The van der Waals surface area contributed by atoms with Crippen molar-refractivity contribution >= 4 is 11.8 Å². The molecule has 1 unspecified atom stereocenters. The van der Waals surface area contributed by atoms with Crippen LogP contribution in [-0.4, -0.2) is 59.4 Å². The Morgan fingerprint density at radius 2 is 1.69 bits per heavy atom. The number of ether oxygens (including phenoxy) is 2. The maximum absolute atomic E-state index is 13.2. The summed E-state index contributed by atoms with van der Waals surface area (Å²) in [7, 11) is 0. The van der Waals surface area contributed by atoms with E-state index in [1.54, 1.807) is 20.8 Å². The molecule has 0 aromatic carbocycles. The third-order valence-corrected chi connectivity index (χ3v) is 11.1. The number of likely N-dealkylation sites (N-methyl/N-ethyl adjacent to an activating group) is 1. The molecule has 4 rings (SSSR count). The number of carbonyl (C=O) groups is 2. The quantitative estimate of drug-likeness (QED) is 0.360. The highest BCUT2D eigenvalue weighted by Crippen LogP contribution is 2.68. The van der Waals surface area contributed by atoms with Crippen molar-refractivity contribution in [2.75, 3.05) is 19.6 Å². The molecular formula is C30H51NO5. The molecule has 6 nitrogen and oxygen atoms in total. The van der Waals surface area contributed by atoms with Gasteiger partial charge in [0.25, 0.3) is 0 Å². The van der Waals surface area contributed by atoms with Crippen LogP contribution >= 0.6 is 0 Å². The Hall–Kier alpha value is -0.980. The summed E-state index contributed by atoms with van der Waals surface area (Å²) in [6, 6.07) is 0. The lowest BCUT2D eigenvalue weighted by molar-refractivity contribution is -0.251. The highest BCUT2D eigenvalue weighted by atomic mass is 16.6. The van der Waals surface area contributed by atoms with Crippen LogP contribution in [0.15, 0.2) is 0 Å². The average Bonchev–Trinajstić information content (AvgIpc) is 3.14. The molecule has 6 heteroatoms. The first-order chi connectivity index (χ1) is 16.8. The second kappa shape index (κ2) is 10.3. The van der Waals surface area contributed by atoms with Crippen molar-refractivity contribution < 1.29 is 24.2 Å². The van der Waals surface area contributed by atoms with E-state index < -0.39 is 5.79 Å². The molecule has 0 aromatic rings. The van der Waals surface area contributed by atoms with Crippen molar-refractivity contribution in [1.29, 1.82) is 0 Å². The van der Waals surface area contributed by atoms with Gasteiger partial charge < -0.3 is 14.6 Å². The summed E-state index contributed by atoms with van der Waals surface area (Å²) < 4.78 is 12.5. The SMILES string of the molecule is CCN(CC)CC(=O)OC1C[C@@H](OC(C)(C)O)C[C@@H]2CC[C@H]3[C@@H]4CC[C@H](C(C)=O)[C@@]4(C)CC[C@@H]3[C@@]12C. The molecule has 0 saturated heterocycles. The van der Waals surface area contributed by atoms with Crippen LogP contribution in [-0.2, 0) is 19.1 Å². The minimum Gasteiger partial charge on any atom is -0.461 e. The monoisotopic (exact) mass is 505 g/mol. The summed E-state index contributed by atoms with van der Waals surface area (Å²) in [4.78, 5) is 27.8. The first-order valence-electron chi connectivity index (χ1n) is 14.7. The molecule has 4 fully saturated rings. The number of Topliss-reactive ketones (excluding diaryl/α,β-unsaturated/α-hetero) is 1. The van der Waals surface area contributed by atoms with E-state index >= 15 is 0 Å². The average molecular weight is 506 g/mol. The third kappa shape index (κ3) is 5.03. The Kier molecular flexibility index (Phi) is 8.02. The minimum absolute atomic E-state index is 0.100. The van der Waals surface area contributed by atoms with E-state index in [0.29, 0.717) is 42.4 Å². The van der Waals surface area contributed by atoms with E-state index in [-0.39, 0.29) is 34.9 Å². The Morgan fingerprint density at radius 3 is 2.31 bits per heavy atom. The molecular weight excluding hydrogens is 454 g/mol. The molecule has 0 aromatic heterocycles. The van der Waals surface area contributed by atoms with Gasteiger partial charge in [-0.2, -0.15) is 0 Å². The standard InChI is InChI=1S/C30H51NO5/c1-8-31(9-2)18-27(33)35-26-17-21(36-28(4,5)34)16-20-10-11-22-24-13-12-23(19(3)32)29(24,6)15-14-25(22)30(20,26)7/h20-26,34H,8-18H2,1-7H3/t20-,21-,22-,23+,24-,25-,26?,29+,30-/m0/s1. The highest BCUT2D eigenvalue weighted by molar-refractivity contribution is 5.79. The lowest BCUT2D eigenvalue weighted by atomic mass is 9.44. The molecule has 9 atom stereocenters. The smallest absolute Gasteiger partial charge is 0.320 e. The summed E-state index contributed by atoms with van der Waals surface area (Å²) in [5.41, 5.74) is 0.0171. The Balaban J connectivity index is 1.61. The second-order valence-electron chi connectivity index (χ2n) is 13.4. The molecule has 0 spiro atoms. The normalized spacial score (nSPS) is 42.4. The van der Waals surface area contributed by atoms with Gasteiger partial charge in [0.15, 0.2) is 5.79 Å². The molecule has 4 aliphatic rings. The predicted molar refractivity (Wildman–Crippen MR) is 140 cm³/mol. The van der Waals surface area contributed by atoms with Gasteiger partial charge in [0.1, 0.15) is 11.9 Å². The lowest BCUT2D eigenvalue weighted by Crippen LogP contribution is -2.61. The van der Waals surface area contributed by atoms with E-state index in [1.165, 1.54) is 6.42 Å². The van der Waals surface area contributed by atoms with E-state index in [2.05, 4.69) is 32.6 Å². The van der Waals surface area contributed by atoms with Gasteiger partial charge in [-0.05, 0) is 108 Å². The Bertz CT molecular complexity index is 819. The van der Waals surface area contributed by atoms with Crippen LogP contribution < -0.4 is 0 Å². The minimum atomic E-state index is -1.20. The van der Waals surface area contributed by atoms with Crippen LogP contribution in [0, 0.1) is 40.4 Å². The zero-order valence-electron chi connectivity index (χ0n) is 23.8. The van der Waals surface area contributed by atoms with Gasteiger partial charge in [-0.15, -0.1) is 0 Å². The number of nitrogens with zero attached hydrogens (tertiary/aromatic N) is 1. The van der Waals surface area contributed by atoms with Crippen molar-refractivity contribution in [3.63, 3.8) is 0 Å². The van der Waals surface area contributed by atoms with Crippen molar-refractivity contribution in [3.05, 3.63) is 0 Å². The van der Waals surface area contributed by atoms with Crippen LogP contribution in [0.4, 0.5) is 0 Å². The molecule has 0 amide bonds. The van der Waals surface area contributed by atoms with Gasteiger partial charge in [-0.3, -0.25) is 14.5 Å². The molecule has 4 aliphatic carbocycles. The highest BCUT2D eigenvalue weighted by Gasteiger charge is 2.64. The van der Waals surface area contributed by atoms with Gasteiger partial charge in [-0.1, -0.05) is 27.7 Å². The molecule has 0 aliphatic heterocycles. The summed E-state index contributed by atoms with van der Waals surface area (Å²) in [6.07, 6.45) is 7.89. The van der Waals surface area contributed by atoms with Gasteiger partial charge >= 0.3 is 5.97 Å². The predicted octanol–water partition coefficient (Wildman–Crippen LogP) is 5.21. The first-order valence-corrected chi connectivity index (χ1v) is 14.7. The number of fused-ring (bicyclic) bond motifs is 5. The maximum Gasteiger partial charge on any atom is 0.320 e. The number of carbonyl (C=O) groups excluding carboxylic acids is 2. The van der Waals surface area contributed by atoms with Crippen molar-refractivity contribution in [3.8, 4) is 0 Å². The van der Waals surface area contributed by atoms with Crippen molar-refractivity contribution in [2.24, 2.45) is 40.4 Å². The Labute approximate surface area is 218 Å². The number of ketones is 1. The van der Waals surface area contributed by atoms with Gasteiger partial charge in [0.05, 0.1) is 12.6 Å². The summed E-state index contributed by atoms with van der Waals surface area (Å²) in [6.45, 7) is 16.0. The topological polar surface area (TPSA) is 76.1 Å². The molecule has 0 bridgehead atoms. The lowest BCUT2D eigenvalue weighted by Gasteiger charge is -2.62. The number of hydrogen-bond acceptors (Lipinski definition) is 6.